The first-order valence-corrected chi connectivity index (χ1v) is 6.93. The van der Waals surface area contributed by atoms with Crippen molar-refractivity contribution in [3.05, 3.63) is 29.8 Å². The zero-order valence-electron chi connectivity index (χ0n) is 13.0. The minimum atomic E-state index is -0.663. The van der Waals surface area contributed by atoms with Crippen LogP contribution in [0.4, 0.5) is 0 Å². The van der Waals surface area contributed by atoms with E-state index in [0.29, 0.717) is 0 Å². The molecular weight excluding hydrogens is 254 g/mol. The number of ether oxygens (including phenoxy) is 2. The fraction of sp³-hybridized carbons (Fsp3) is 0.562. The molecule has 1 aromatic rings. The summed E-state index contributed by atoms with van der Waals surface area (Å²) < 4.78 is 10.7. The molecule has 0 aliphatic rings. The number of nitrogens with one attached hydrogen (secondary N) is 1. The van der Waals surface area contributed by atoms with Crippen LogP contribution in [0.1, 0.15) is 38.8 Å². The summed E-state index contributed by atoms with van der Waals surface area (Å²) in [4.78, 5) is 11.7. The standard InChI is InChI=1S/C16H25NO3/c1-6-13(17-4)12-9-7-8-10-14(12)20-11-16(2,3)15(18)19-5/h7-10,13,17H,6,11H2,1-5H3. The summed E-state index contributed by atoms with van der Waals surface area (Å²) in [5.74, 6) is 0.543. The van der Waals surface area contributed by atoms with Crippen molar-refractivity contribution in [1.82, 2.24) is 5.32 Å². The largest absolute Gasteiger partial charge is 0.492 e. The summed E-state index contributed by atoms with van der Waals surface area (Å²) in [6, 6.07) is 8.15. The van der Waals surface area contributed by atoms with E-state index in [2.05, 4.69) is 12.2 Å². The van der Waals surface area contributed by atoms with Gasteiger partial charge in [-0.3, -0.25) is 4.79 Å². The molecule has 0 amide bonds. The zero-order chi connectivity index (χ0) is 15.2. The van der Waals surface area contributed by atoms with Crippen LogP contribution in [0.15, 0.2) is 24.3 Å². The van der Waals surface area contributed by atoms with E-state index >= 15 is 0 Å². The van der Waals surface area contributed by atoms with Crippen LogP contribution in [0.2, 0.25) is 0 Å². The maximum atomic E-state index is 11.7. The average Bonchev–Trinajstić information content (AvgIpc) is 2.46. The molecule has 0 heterocycles. The molecule has 112 valence electrons. The molecule has 0 fully saturated rings. The third-order valence-electron chi connectivity index (χ3n) is 3.38. The molecule has 0 radical (unpaired) electrons. The van der Waals surface area contributed by atoms with E-state index in [4.69, 9.17) is 9.47 Å². The second-order valence-electron chi connectivity index (χ2n) is 5.45. The molecule has 0 aromatic heterocycles. The molecular formula is C16H25NO3. The number of carbonyl (C=O) groups is 1. The molecule has 0 saturated heterocycles. The van der Waals surface area contributed by atoms with Gasteiger partial charge in [-0.1, -0.05) is 25.1 Å². The number of esters is 1. The van der Waals surface area contributed by atoms with Crippen molar-refractivity contribution >= 4 is 5.97 Å². The predicted molar refractivity (Wildman–Crippen MR) is 79.8 cm³/mol. The van der Waals surface area contributed by atoms with Crippen molar-refractivity contribution in [2.45, 2.75) is 33.2 Å². The van der Waals surface area contributed by atoms with Gasteiger partial charge in [0.15, 0.2) is 0 Å². The van der Waals surface area contributed by atoms with Crippen molar-refractivity contribution in [3.63, 3.8) is 0 Å². The maximum absolute atomic E-state index is 11.7. The molecule has 1 atom stereocenters. The molecule has 0 spiro atoms. The van der Waals surface area contributed by atoms with Gasteiger partial charge in [0, 0.05) is 11.6 Å². The minimum absolute atomic E-state index is 0.243. The first-order chi connectivity index (χ1) is 9.46. The van der Waals surface area contributed by atoms with E-state index in [1.807, 2.05) is 45.2 Å². The van der Waals surface area contributed by atoms with E-state index < -0.39 is 5.41 Å². The van der Waals surface area contributed by atoms with E-state index in [0.717, 1.165) is 17.7 Å². The van der Waals surface area contributed by atoms with Crippen LogP contribution in [-0.2, 0) is 9.53 Å². The third kappa shape index (κ3) is 3.97. The molecule has 1 N–H and O–H groups in total. The Hall–Kier alpha value is -1.55. The van der Waals surface area contributed by atoms with Crippen molar-refractivity contribution in [2.75, 3.05) is 20.8 Å². The lowest BCUT2D eigenvalue weighted by Crippen LogP contribution is -2.32. The highest BCUT2D eigenvalue weighted by molar-refractivity contribution is 5.75. The number of hydrogen-bond donors (Lipinski definition) is 1. The monoisotopic (exact) mass is 279 g/mol. The van der Waals surface area contributed by atoms with Gasteiger partial charge in [0.05, 0.1) is 12.5 Å². The van der Waals surface area contributed by atoms with Crippen molar-refractivity contribution in [2.24, 2.45) is 5.41 Å². The fourth-order valence-corrected chi connectivity index (χ4v) is 2.07. The normalized spacial score (nSPS) is 12.8. The number of methoxy groups -OCH3 is 1. The molecule has 0 aliphatic carbocycles. The zero-order valence-corrected chi connectivity index (χ0v) is 13.0. The topological polar surface area (TPSA) is 47.6 Å². The first kappa shape index (κ1) is 16.5. The van der Waals surface area contributed by atoms with Gasteiger partial charge in [0.2, 0.25) is 0 Å². The quantitative estimate of drug-likeness (QED) is 0.780. The maximum Gasteiger partial charge on any atom is 0.314 e. The number of benzene rings is 1. The van der Waals surface area contributed by atoms with Gasteiger partial charge < -0.3 is 14.8 Å². The SMILES string of the molecule is CCC(NC)c1ccccc1OCC(C)(C)C(=O)OC. The Morgan fingerprint density at radius 1 is 1.35 bits per heavy atom. The Bertz CT molecular complexity index is 439. The molecule has 4 nitrogen and oxygen atoms in total. The highest BCUT2D eigenvalue weighted by atomic mass is 16.5. The summed E-state index contributed by atoms with van der Waals surface area (Å²) in [5, 5.41) is 3.27. The van der Waals surface area contributed by atoms with Gasteiger partial charge in [-0.2, -0.15) is 0 Å². The first-order valence-electron chi connectivity index (χ1n) is 6.93. The molecule has 0 aliphatic heterocycles. The highest BCUT2D eigenvalue weighted by Gasteiger charge is 2.30. The summed E-state index contributed by atoms with van der Waals surface area (Å²) in [5.41, 5.74) is 0.446. The van der Waals surface area contributed by atoms with Gasteiger partial charge >= 0.3 is 5.97 Å². The third-order valence-corrected chi connectivity index (χ3v) is 3.38. The highest BCUT2D eigenvalue weighted by Crippen LogP contribution is 2.28. The van der Waals surface area contributed by atoms with Crippen molar-refractivity contribution in [3.8, 4) is 5.75 Å². The molecule has 1 aromatic carbocycles. The number of rotatable bonds is 7. The molecule has 20 heavy (non-hydrogen) atoms. The van der Waals surface area contributed by atoms with Gasteiger partial charge in [-0.15, -0.1) is 0 Å². The van der Waals surface area contributed by atoms with E-state index in [1.54, 1.807) is 0 Å². The predicted octanol–water partition coefficient (Wildman–Crippen LogP) is 2.94. The summed E-state index contributed by atoms with van der Waals surface area (Å²) in [6.07, 6.45) is 0.970. The Morgan fingerprint density at radius 2 is 2.00 bits per heavy atom. The Balaban J connectivity index is 2.85. The Kier molecular flexibility index (Phi) is 6.02. The number of hydrogen-bond acceptors (Lipinski definition) is 4. The van der Waals surface area contributed by atoms with Crippen LogP contribution >= 0.6 is 0 Å². The fourth-order valence-electron chi connectivity index (χ4n) is 2.07. The van der Waals surface area contributed by atoms with Gasteiger partial charge in [0.25, 0.3) is 0 Å². The summed E-state index contributed by atoms with van der Waals surface area (Å²) >= 11 is 0. The second kappa shape index (κ2) is 7.29. The number of para-hydroxylation sites is 1. The lowest BCUT2D eigenvalue weighted by molar-refractivity contribution is -0.152. The van der Waals surface area contributed by atoms with E-state index in [9.17, 15) is 4.79 Å². The van der Waals surface area contributed by atoms with Crippen LogP contribution in [0.5, 0.6) is 5.75 Å². The van der Waals surface area contributed by atoms with Gasteiger partial charge in [-0.25, -0.2) is 0 Å². The lowest BCUT2D eigenvalue weighted by Gasteiger charge is -2.24. The van der Waals surface area contributed by atoms with Crippen molar-refractivity contribution in [1.29, 1.82) is 0 Å². The van der Waals surface area contributed by atoms with Crippen LogP contribution in [0, 0.1) is 5.41 Å². The minimum Gasteiger partial charge on any atom is -0.492 e. The van der Waals surface area contributed by atoms with Gasteiger partial charge in [0.1, 0.15) is 12.4 Å². The molecule has 0 saturated carbocycles. The van der Waals surface area contributed by atoms with Crippen LogP contribution in [-0.4, -0.2) is 26.7 Å². The van der Waals surface area contributed by atoms with E-state index in [-0.39, 0.29) is 18.6 Å². The molecule has 1 rings (SSSR count). The number of carbonyl (C=O) groups excluding carboxylic acids is 1. The van der Waals surface area contributed by atoms with Crippen LogP contribution in [0.3, 0.4) is 0 Å². The average molecular weight is 279 g/mol. The van der Waals surface area contributed by atoms with Crippen molar-refractivity contribution < 1.29 is 14.3 Å². The summed E-state index contributed by atoms with van der Waals surface area (Å²) in [7, 11) is 3.33. The van der Waals surface area contributed by atoms with E-state index in [1.165, 1.54) is 7.11 Å². The smallest absolute Gasteiger partial charge is 0.314 e. The lowest BCUT2D eigenvalue weighted by atomic mass is 9.95. The van der Waals surface area contributed by atoms with Crippen LogP contribution < -0.4 is 10.1 Å². The van der Waals surface area contributed by atoms with Gasteiger partial charge in [-0.05, 0) is 33.4 Å². The second-order valence-corrected chi connectivity index (χ2v) is 5.45. The Labute approximate surface area is 121 Å². The molecule has 4 heteroatoms. The molecule has 1 unspecified atom stereocenters. The van der Waals surface area contributed by atoms with Crippen LogP contribution in [0.25, 0.3) is 0 Å². The summed E-state index contributed by atoms with van der Waals surface area (Å²) in [6.45, 7) is 6.04. The Morgan fingerprint density at radius 3 is 2.55 bits per heavy atom. The molecule has 0 bridgehead atoms.